The van der Waals surface area contributed by atoms with Crippen molar-refractivity contribution in [2.75, 3.05) is 19.8 Å². The van der Waals surface area contributed by atoms with E-state index in [1.54, 1.807) is 36.5 Å². The number of hydrogen-bond acceptors (Lipinski definition) is 9. The number of unbranched alkanes of at least 4 members (excludes halogenated alkanes) is 14. The third-order valence-electron chi connectivity index (χ3n) is 8.54. The van der Waals surface area contributed by atoms with Gasteiger partial charge >= 0.3 is 25.7 Å². The normalized spacial score (nSPS) is 15.0. The minimum atomic E-state index is -4.80. The molecule has 4 N–H and O–H groups in total. The maximum atomic E-state index is 12.5. The van der Waals surface area contributed by atoms with Crippen LogP contribution in [0.15, 0.2) is 146 Å². The van der Waals surface area contributed by atoms with Crippen LogP contribution in [0.1, 0.15) is 117 Å². The van der Waals surface area contributed by atoms with Crippen molar-refractivity contribution in [3.63, 3.8) is 0 Å². The summed E-state index contributed by atoms with van der Waals surface area (Å²) in [5.74, 6) is -3.07. The fourth-order valence-corrected chi connectivity index (χ4v) is 5.86. The Balaban J connectivity index is 4.86. The largest absolute Gasteiger partial charge is 0.480 e. The first kappa shape index (κ1) is 57.4. The molecule has 0 rings (SSSR count). The Hall–Kier alpha value is -4.64. The van der Waals surface area contributed by atoms with Gasteiger partial charge in [0.2, 0.25) is 0 Å². The lowest BCUT2D eigenvalue weighted by molar-refractivity contribution is -0.154. The molecule has 0 aromatic carbocycles. The van der Waals surface area contributed by atoms with Crippen molar-refractivity contribution in [2.45, 2.75) is 129 Å². The summed E-state index contributed by atoms with van der Waals surface area (Å²) in [5, 5.41) is 8.88. The topological polar surface area (TPSA) is 172 Å². The van der Waals surface area contributed by atoms with Crippen LogP contribution < -0.4 is 5.73 Å². The van der Waals surface area contributed by atoms with Gasteiger partial charge < -0.3 is 25.2 Å². The van der Waals surface area contributed by atoms with Crippen molar-refractivity contribution >= 4 is 25.7 Å². The third kappa shape index (κ3) is 42.1. The average molecular weight is 880 g/mol. The lowest BCUT2D eigenvalue weighted by atomic mass is 10.1. The predicted octanol–water partition coefficient (Wildman–Crippen LogP) is 11.9. The maximum Gasteiger partial charge on any atom is 0.472 e. The number of nitrogens with two attached hydrogens (primary N) is 1. The molecule has 0 aliphatic carbocycles. The zero-order chi connectivity index (χ0) is 45.6. The van der Waals surface area contributed by atoms with Gasteiger partial charge in [-0.15, -0.1) is 0 Å². The van der Waals surface area contributed by atoms with E-state index in [0.29, 0.717) is 0 Å². The molecule has 0 aromatic heterocycles. The summed E-state index contributed by atoms with van der Waals surface area (Å²) in [6.07, 6.45) is 62.0. The van der Waals surface area contributed by atoms with E-state index in [2.05, 4.69) is 42.7 Å². The quantitative estimate of drug-likeness (QED) is 0.0177. The van der Waals surface area contributed by atoms with Crippen molar-refractivity contribution in [3.05, 3.63) is 146 Å². The molecule has 0 bridgehead atoms. The molecule has 0 fully saturated rings. The van der Waals surface area contributed by atoms with E-state index in [1.807, 2.05) is 60.8 Å². The number of aliphatic carboxylic acids is 1. The monoisotopic (exact) mass is 880 g/mol. The fraction of sp³-hybridized carbons (Fsp3) is 0.460. The molecule has 11 nitrogen and oxygen atoms in total. The molecule has 0 aliphatic rings. The van der Waals surface area contributed by atoms with Gasteiger partial charge in [-0.1, -0.05) is 225 Å². The highest BCUT2D eigenvalue weighted by Crippen LogP contribution is 2.43. The van der Waals surface area contributed by atoms with E-state index in [4.69, 9.17) is 24.8 Å². The number of esters is 2. The number of carboxylic acid groups (broad SMARTS) is 1. The minimum Gasteiger partial charge on any atom is -0.480 e. The standard InChI is InChI=1S/C50H74NO10P/c1-3-5-7-9-11-13-15-17-19-21-23-25-27-29-31-33-35-37-39-41-48(52)58-43-46(44-59-62(56,57)60-45-47(51)50(54)55)61-49(53)42-40-38-36-34-32-30-28-26-24-22-20-18-16-14-12-10-8-6-4-2/h19-42,46-47H,3-18,43-45,51H2,1-2H3,(H,54,55)(H,56,57). The Labute approximate surface area is 372 Å². The van der Waals surface area contributed by atoms with E-state index in [9.17, 15) is 23.8 Å². The molecule has 0 aliphatic heterocycles. The Morgan fingerprint density at radius 1 is 0.500 bits per heavy atom. The van der Waals surface area contributed by atoms with Crippen molar-refractivity contribution < 1.29 is 47.5 Å². The number of rotatable bonds is 38. The molecule has 344 valence electrons. The maximum absolute atomic E-state index is 12.5. The number of phosphoric acid groups is 1. The van der Waals surface area contributed by atoms with Gasteiger partial charge in [0, 0.05) is 12.2 Å². The van der Waals surface area contributed by atoms with Gasteiger partial charge in [0.15, 0.2) is 6.10 Å². The summed E-state index contributed by atoms with van der Waals surface area (Å²) in [5.41, 5.74) is 5.31. The van der Waals surface area contributed by atoms with Crippen LogP contribution in [0.4, 0.5) is 0 Å². The van der Waals surface area contributed by atoms with Gasteiger partial charge in [-0.05, 0) is 25.7 Å². The average Bonchev–Trinajstić information content (AvgIpc) is 3.25. The van der Waals surface area contributed by atoms with Gasteiger partial charge in [0.1, 0.15) is 12.6 Å². The highest BCUT2D eigenvalue weighted by Gasteiger charge is 2.27. The molecule has 0 amide bonds. The van der Waals surface area contributed by atoms with Crippen LogP contribution in [-0.4, -0.2) is 59.9 Å². The van der Waals surface area contributed by atoms with Gasteiger partial charge in [-0.2, -0.15) is 0 Å². The second kappa shape index (κ2) is 43.0. The van der Waals surface area contributed by atoms with Gasteiger partial charge in [-0.3, -0.25) is 13.8 Å². The molecule has 0 saturated carbocycles. The Morgan fingerprint density at radius 2 is 0.855 bits per heavy atom. The SMILES string of the molecule is CCCCCCCCCC=CC=CC=CC=CC=CC=CC(=O)OCC(COP(=O)(O)OCC(N)C(=O)O)OC(=O)C=CC=CC=CC=CC=CC=CCCCCCCCCC. The van der Waals surface area contributed by atoms with Crippen LogP contribution in [0, 0.1) is 0 Å². The van der Waals surface area contributed by atoms with Crippen LogP contribution >= 0.6 is 7.82 Å². The van der Waals surface area contributed by atoms with E-state index >= 15 is 0 Å². The third-order valence-corrected chi connectivity index (χ3v) is 9.49. The molecule has 0 saturated heterocycles. The number of hydrogen-bond donors (Lipinski definition) is 3. The molecule has 0 aromatic rings. The van der Waals surface area contributed by atoms with Gasteiger partial charge in [-0.25, -0.2) is 14.2 Å². The summed E-state index contributed by atoms with van der Waals surface area (Å²) in [7, 11) is -4.80. The molecular formula is C50H74NO10P. The predicted molar refractivity (Wildman–Crippen MR) is 253 cm³/mol. The van der Waals surface area contributed by atoms with Crippen molar-refractivity contribution in [2.24, 2.45) is 5.73 Å². The molecule has 0 spiro atoms. The second-order valence-electron chi connectivity index (χ2n) is 14.2. The van der Waals surface area contributed by atoms with Crippen LogP contribution in [0.5, 0.6) is 0 Å². The molecule has 12 heteroatoms. The molecule has 0 radical (unpaired) electrons. The Morgan fingerprint density at radius 3 is 1.27 bits per heavy atom. The van der Waals surface area contributed by atoms with Gasteiger partial charge in [0.25, 0.3) is 0 Å². The van der Waals surface area contributed by atoms with E-state index in [-0.39, 0.29) is 0 Å². The Bertz CT molecular complexity index is 1600. The number of carboxylic acids is 1. The van der Waals surface area contributed by atoms with Crippen LogP contribution in [0.2, 0.25) is 0 Å². The molecule has 3 atom stereocenters. The zero-order valence-corrected chi connectivity index (χ0v) is 38.0. The number of carbonyl (C=O) groups is 3. The second-order valence-corrected chi connectivity index (χ2v) is 15.6. The smallest absolute Gasteiger partial charge is 0.472 e. The highest BCUT2D eigenvalue weighted by molar-refractivity contribution is 7.47. The fourth-order valence-electron chi connectivity index (χ4n) is 5.09. The van der Waals surface area contributed by atoms with Crippen LogP contribution in [0.25, 0.3) is 0 Å². The first-order chi connectivity index (χ1) is 30.1. The van der Waals surface area contributed by atoms with Crippen LogP contribution in [0.3, 0.4) is 0 Å². The molecule has 3 unspecified atom stereocenters. The van der Waals surface area contributed by atoms with Gasteiger partial charge in [0.05, 0.1) is 13.2 Å². The molecule has 0 heterocycles. The summed E-state index contributed by atoms with van der Waals surface area (Å²) in [4.78, 5) is 45.7. The van der Waals surface area contributed by atoms with Crippen molar-refractivity contribution in [3.8, 4) is 0 Å². The summed E-state index contributed by atoms with van der Waals surface area (Å²) < 4.78 is 32.2. The molecular weight excluding hydrogens is 806 g/mol. The van der Waals surface area contributed by atoms with E-state index in [1.165, 1.54) is 102 Å². The minimum absolute atomic E-state index is 0.526. The van der Waals surface area contributed by atoms with Crippen molar-refractivity contribution in [1.82, 2.24) is 0 Å². The number of ether oxygens (including phenoxy) is 2. The lowest BCUT2D eigenvalue weighted by Gasteiger charge is -2.19. The molecule has 62 heavy (non-hydrogen) atoms. The number of phosphoric ester groups is 1. The Kier molecular flexibility index (Phi) is 39.8. The first-order valence-electron chi connectivity index (χ1n) is 22.1. The van der Waals surface area contributed by atoms with E-state index in [0.717, 1.165) is 25.0 Å². The number of allylic oxidation sites excluding steroid dienone is 22. The van der Waals surface area contributed by atoms with Crippen LogP contribution in [-0.2, 0) is 37.5 Å². The summed E-state index contributed by atoms with van der Waals surface area (Å²) in [6.45, 7) is 2.41. The first-order valence-corrected chi connectivity index (χ1v) is 23.6. The zero-order valence-electron chi connectivity index (χ0n) is 37.1. The van der Waals surface area contributed by atoms with E-state index < -0.39 is 57.7 Å². The highest BCUT2D eigenvalue weighted by atomic mass is 31.2. The lowest BCUT2D eigenvalue weighted by Crippen LogP contribution is -2.34. The summed E-state index contributed by atoms with van der Waals surface area (Å²) >= 11 is 0. The number of carbonyl (C=O) groups excluding carboxylic acids is 2. The van der Waals surface area contributed by atoms with Crippen molar-refractivity contribution in [1.29, 1.82) is 0 Å². The summed E-state index contributed by atoms with van der Waals surface area (Å²) in [6, 6.07) is -1.57.